The van der Waals surface area contributed by atoms with Crippen LogP contribution in [0.5, 0.6) is 0 Å². The van der Waals surface area contributed by atoms with Crippen molar-refractivity contribution >= 4 is 23.4 Å². The fourth-order valence-corrected chi connectivity index (χ4v) is 3.18. The molecule has 1 aliphatic rings. The normalized spacial score (nSPS) is 15.7. The van der Waals surface area contributed by atoms with Gasteiger partial charge >= 0.3 is 5.97 Å². The molecule has 2 aromatic rings. The molecule has 2 aromatic carbocycles. The summed E-state index contributed by atoms with van der Waals surface area (Å²) in [6.07, 6.45) is 4.79. The number of carbonyl (C=O) groups is 1. The van der Waals surface area contributed by atoms with E-state index in [1.54, 1.807) is 19.1 Å². The summed E-state index contributed by atoms with van der Waals surface area (Å²) in [7, 11) is 0. The number of non-ortho nitro benzene ring substituents is 1. The van der Waals surface area contributed by atoms with Crippen LogP contribution in [0.1, 0.15) is 36.1 Å². The first-order valence-corrected chi connectivity index (χ1v) is 8.56. The van der Waals surface area contributed by atoms with Gasteiger partial charge in [0.05, 0.1) is 17.6 Å². The van der Waals surface area contributed by atoms with E-state index < -0.39 is 10.9 Å². The fourth-order valence-electron chi connectivity index (χ4n) is 3.18. The van der Waals surface area contributed by atoms with Crippen LogP contribution in [0.25, 0.3) is 6.08 Å². The van der Waals surface area contributed by atoms with Gasteiger partial charge in [0.15, 0.2) is 0 Å². The van der Waals surface area contributed by atoms with Crippen LogP contribution in [0, 0.1) is 10.1 Å². The molecule has 0 aromatic heterocycles. The number of rotatable bonds is 6. The van der Waals surface area contributed by atoms with Crippen molar-refractivity contribution in [2.75, 3.05) is 11.9 Å². The van der Waals surface area contributed by atoms with Crippen LogP contribution in [-0.2, 0) is 16.0 Å². The number of hydrogen-bond acceptors (Lipinski definition) is 5. The maximum Gasteiger partial charge on any atom is 0.330 e. The molecule has 0 spiro atoms. The van der Waals surface area contributed by atoms with E-state index in [0.717, 1.165) is 18.5 Å². The largest absolute Gasteiger partial charge is 0.463 e. The van der Waals surface area contributed by atoms with Crippen molar-refractivity contribution in [1.29, 1.82) is 0 Å². The number of ether oxygens (including phenoxy) is 1. The Kier molecular flexibility index (Phi) is 5.31. The topological polar surface area (TPSA) is 81.5 Å². The molecule has 1 N–H and O–H groups in total. The number of aryl methyl sites for hydroxylation is 1. The van der Waals surface area contributed by atoms with Gasteiger partial charge in [-0.25, -0.2) is 4.79 Å². The molecule has 0 aliphatic heterocycles. The first-order chi connectivity index (χ1) is 12.6. The molecule has 0 saturated carbocycles. The molecule has 3 rings (SSSR count). The maximum atomic E-state index is 11.6. The summed E-state index contributed by atoms with van der Waals surface area (Å²) in [4.78, 5) is 22.2. The van der Waals surface area contributed by atoms with Gasteiger partial charge in [0, 0.05) is 29.5 Å². The van der Waals surface area contributed by atoms with Gasteiger partial charge in [0.2, 0.25) is 0 Å². The van der Waals surface area contributed by atoms with Gasteiger partial charge in [0.1, 0.15) is 0 Å². The molecule has 1 unspecified atom stereocenters. The fraction of sp³-hybridized carbons (Fsp3) is 0.250. The number of nitrogens with zero attached hydrogens (tertiary/aromatic N) is 1. The molecular weight excluding hydrogens is 332 g/mol. The third kappa shape index (κ3) is 3.91. The lowest BCUT2D eigenvalue weighted by Gasteiger charge is -2.17. The van der Waals surface area contributed by atoms with E-state index in [4.69, 9.17) is 4.74 Å². The van der Waals surface area contributed by atoms with Crippen LogP contribution in [0.2, 0.25) is 0 Å². The van der Waals surface area contributed by atoms with Crippen molar-refractivity contribution < 1.29 is 14.5 Å². The highest BCUT2D eigenvalue weighted by Crippen LogP contribution is 2.35. The van der Waals surface area contributed by atoms with E-state index in [2.05, 4.69) is 17.4 Å². The van der Waals surface area contributed by atoms with Gasteiger partial charge in [-0.15, -0.1) is 0 Å². The first-order valence-electron chi connectivity index (χ1n) is 8.56. The van der Waals surface area contributed by atoms with Crippen LogP contribution >= 0.6 is 0 Å². The Morgan fingerprint density at radius 2 is 2.15 bits per heavy atom. The number of fused-ring (bicyclic) bond motifs is 1. The highest BCUT2D eigenvalue weighted by atomic mass is 16.6. The van der Waals surface area contributed by atoms with E-state index in [1.807, 2.05) is 12.1 Å². The summed E-state index contributed by atoms with van der Waals surface area (Å²) in [5.74, 6) is -0.476. The third-order valence-corrected chi connectivity index (χ3v) is 4.39. The van der Waals surface area contributed by atoms with Crippen LogP contribution < -0.4 is 5.32 Å². The predicted molar refractivity (Wildman–Crippen MR) is 99.9 cm³/mol. The second kappa shape index (κ2) is 7.82. The summed E-state index contributed by atoms with van der Waals surface area (Å²) in [6.45, 7) is 2.01. The number of nitrogens with one attached hydrogen (secondary N) is 1. The van der Waals surface area contributed by atoms with Crippen LogP contribution in [0.4, 0.5) is 11.4 Å². The quantitative estimate of drug-likeness (QED) is 0.363. The first kappa shape index (κ1) is 17.7. The van der Waals surface area contributed by atoms with Gasteiger partial charge < -0.3 is 10.1 Å². The summed E-state index contributed by atoms with van der Waals surface area (Å²) < 4.78 is 4.88. The van der Waals surface area contributed by atoms with E-state index >= 15 is 0 Å². The van der Waals surface area contributed by atoms with E-state index in [0.29, 0.717) is 5.56 Å². The average molecular weight is 352 g/mol. The summed E-state index contributed by atoms with van der Waals surface area (Å²) in [6, 6.07) is 13.0. The molecule has 0 radical (unpaired) electrons. The van der Waals surface area contributed by atoms with Crippen molar-refractivity contribution in [3.8, 4) is 0 Å². The molecular formula is C20H20N2O4. The Labute approximate surface area is 151 Å². The van der Waals surface area contributed by atoms with Crippen LogP contribution in [0.3, 0.4) is 0 Å². The Balaban J connectivity index is 1.88. The minimum absolute atomic E-state index is 0.0223. The van der Waals surface area contributed by atoms with Gasteiger partial charge in [-0.3, -0.25) is 10.1 Å². The summed E-state index contributed by atoms with van der Waals surface area (Å²) >= 11 is 0. The van der Waals surface area contributed by atoms with Gasteiger partial charge in [0.25, 0.3) is 5.69 Å². The molecule has 0 fully saturated rings. The number of nitro groups is 1. The lowest BCUT2D eigenvalue weighted by atomic mass is 10.1. The van der Waals surface area contributed by atoms with Gasteiger partial charge in [-0.2, -0.15) is 0 Å². The molecule has 26 heavy (non-hydrogen) atoms. The number of anilines is 1. The SMILES string of the molecule is CCOC(=O)/C=C/c1cc([N+](=O)[O-])ccc1NC1CCc2ccccc21. The standard InChI is InChI=1S/C20H20N2O4/c1-2-26-20(23)12-8-15-13-16(22(24)25)9-11-18(15)21-19-10-7-14-5-3-4-6-17(14)19/h3-6,8-9,11-13,19,21H,2,7,10H2,1H3/b12-8+. The van der Waals surface area contributed by atoms with Crippen LogP contribution in [-0.4, -0.2) is 17.5 Å². The zero-order valence-corrected chi connectivity index (χ0v) is 14.5. The van der Waals surface area contributed by atoms with E-state index in [1.165, 1.54) is 29.3 Å². The van der Waals surface area contributed by atoms with E-state index in [9.17, 15) is 14.9 Å². The highest BCUT2D eigenvalue weighted by molar-refractivity contribution is 5.88. The number of carbonyl (C=O) groups excluding carboxylic acids is 1. The van der Waals surface area contributed by atoms with Crippen molar-refractivity contribution in [2.45, 2.75) is 25.8 Å². The number of benzene rings is 2. The van der Waals surface area contributed by atoms with Crippen molar-refractivity contribution in [3.63, 3.8) is 0 Å². The molecule has 0 amide bonds. The molecule has 1 aliphatic carbocycles. The zero-order chi connectivity index (χ0) is 18.5. The Morgan fingerprint density at radius 1 is 1.35 bits per heavy atom. The highest BCUT2D eigenvalue weighted by Gasteiger charge is 2.22. The Morgan fingerprint density at radius 3 is 2.92 bits per heavy atom. The third-order valence-electron chi connectivity index (χ3n) is 4.39. The van der Waals surface area contributed by atoms with E-state index in [-0.39, 0.29) is 18.3 Å². The minimum atomic E-state index is -0.476. The molecule has 6 heteroatoms. The molecule has 134 valence electrons. The predicted octanol–water partition coefficient (Wildman–Crippen LogP) is 4.27. The second-order valence-corrected chi connectivity index (χ2v) is 6.05. The maximum absolute atomic E-state index is 11.6. The van der Waals surface area contributed by atoms with Crippen molar-refractivity contribution in [2.24, 2.45) is 0 Å². The number of nitro benzene ring substituents is 1. The molecule has 0 bridgehead atoms. The summed E-state index contributed by atoms with van der Waals surface area (Å²) in [5.41, 5.74) is 3.86. The van der Waals surface area contributed by atoms with Crippen molar-refractivity contribution in [1.82, 2.24) is 0 Å². The second-order valence-electron chi connectivity index (χ2n) is 6.05. The number of esters is 1. The summed E-state index contributed by atoms with van der Waals surface area (Å²) in [5, 5.41) is 14.5. The average Bonchev–Trinajstić information content (AvgIpc) is 3.04. The van der Waals surface area contributed by atoms with Crippen molar-refractivity contribution in [3.05, 3.63) is 75.3 Å². The smallest absolute Gasteiger partial charge is 0.330 e. The zero-order valence-electron chi connectivity index (χ0n) is 14.5. The lowest BCUT2D eigenvalue weighted by molar-refractivity contribution is -0.384. The molecule has 0 heterocycles. The lowest BCUT2D eigenvalue weighted by Crippen LogP contribution is -2.08. The monoisotopic (exact) mass is 352 g/mol. The molecule has 6 nitrogen and oxygen atoms in total. The minimum Gasteiger partial charge on any atom is -0.463 e. The molecule has 0 saturated heterocycles. The van der Waals surface area contributed by atoms with Gasteiger partial charge in [-0.1, -0.05) is 24.3 Å². The van der Waals surface area contributed by atoms with Gasteiger partial charge in [-0.05, 0) is 43.0 Å². The van der Waals surface area contributed by atoms with Crippen LogP contribution in [0.15, 0.2) is 48.5 Å². The number of hydrogen-bond donors (Lipinski definition) is 1. The Hall–Kier alpha value is -3.15. The molecule has 1 atom stereocenters. The Bertz CT molecular complexity index is 861.